The van der Waals surface area contributed by atoms with Gasteiger partial charge in [-0.05, 0) is 78.4 Å². The van der Waals surface area contributed by atoms with Crippen LogP contribution in [0.3, 0.4) is 0 Å². The van der Waals surface area contributed by atoms with E-state index in [1.54, 1.807) is 11.3 Å². The van der Waals surface area contributed by atoms with Crippen LogP contribution in [0.25, 0.3) is 10.6 Å². The summed E-state index contributed by atoms with van der Waals surface area (Å²) in [7, 11) is 4.05. The van der Waals surface area contributed by atoms with Gasteiger partial charge in [-0.3, -0.25) is 0 Å². The molecule has 0 bridgehead atoms. The number of ether oxygens (including phenoxy) is 2. The number of hydrogen-bond acceptors (Lipinski definition) is 7. The van der Waals surface area contributed by atoms with Crippen LogP contribution in [-0.4, -0.2) is 55.4 Å². The van der Waals surface area contributed by atoms with Crippen LogP contribution in [0, 0.1) is 0 Å². The van der Waals surface area contributed by atoms with Crippen molar-refractivity contribution in [1.29, 1.82) is 0 Å². The van der Waals surface area contributed by atoms with E-state index in [0.29, 0.717) is 13.2 Å². The highest BCUT2D eigenvalue weighted by molar-refractivity contribution is 7.13. The van der Waals surface area contributed by atoms with E-state index in [-0.39, 0.29) is 12.1 Å². The Hall–Kier alpha value is -2.16. The molecule has 1 atom stereocenters. The largest absolute Gasteiger partial charge is 0.492 e. The molecule has 2 aromatic rings. The Labute approximate surface area is 189 Å². The Morgan fingerprint density at radius 1 is 1.23 bits per heavy atom. The number of hydrogen-bond donors (Lipinski definition) is 2. The maximum Gasteiger partial charge on any atom is 0.407 e. The van der Waals surface area contributed by atoms with Gasteiger partial charge in [-0.2, -0.15) is 0 Å². The van der Waals surface area contributed by atoms with E-state index in [0.717, 1.165) is 47.8 Å². The Balaban J connectivity index is 1.74. The monoisotopic (exact) mass is 448 g/mol. The van der Waals surface area contributed by atoms with Crippen LogP contribution in [0.2, 0.25) is 0 Å². The average Bonchev–Trinajstić information content (AvgIpc) is 3.17. The first-order valence-corrected chi connectivity index (χ1v) is 11.6. The quantitative estimate of drug-likeness (QED) is 0.494. The molecule has 1 aromatic carbocycles. The van der Waals surface area contributed by atoms with Crippen LogP contribution in [0.1, 0.15) is 51.8 Å². The molecule has 172 valence electrons. The van der Waals surface area contributed by atoms with Gasteiger partial charge in [-0.25, -0.2) is 9.78 Å². The number of thiazole rings is 1. The standard InChI is InChI=1S/C23H36N4O3S/c1-23(2,3)30-22(28)25-13-7-6-8-19(24)20-16-31-21(26-20)17-9-11-18(12-10-17)29-15-14-27(4)5/h9-12,16,19H,6-8,13-15,24H2,1-5H3,(H,25,28)/t19-/m0/s1. The number of nitrogens with zero attached hydrogens (tertiary/aromatic N) is 2. The fourth-order valence-corrected chi connectivity index (χ4v) is 3.66. The maximum absolute atomic E-state index is 11.6. The van der Waals surface area contributed by atoms with Gasteiger partial charge < -0.3 is 25.4 Å². The van der Waals surface area contributed by atoms with E-state index in [4.69, 9.17) is 20.2 Å². The number of carbonyl (C=O) groups excluding carboxylic acids is 1. The number of nitrogens with two attached hydrogens (primary N) is 1. The van der Waals surface area contributed by atoms with E-state index in [1.807, 2.05) is 64.5 Å². The van der Waals surface area contributed by atoms with Gasteiger partial charge in [0.05, 0.1) is 5.69 Å². The van der Waals surface area contributed by atoms with E-state index in [1.165, 1.54) is 0 Å². The summed E-state index contributed by atoms with van der Waals surface area (Å²) in [6, 6.07) is 7.90. The smallest absolute Gasteiger partial charge is 0.407 e. The third-order valence-electron chi connectivity index (χ3n) is 4.42. The van der Waals surface area contributed by atoms with Crippen LogP contribution in [0.15, 0.2) is 29.6 Å². The molecular formula is C23H36N4O3S. The van der Waals surface area contributed by atoms with Crippen LogP contribution in [0.4, 0.5) is 4.79 Å². The summed E-state index contributed by atoms with van der Waals surface area (Å²) < 4.78 is 11.0. The van der Waals surface area contributed by atoms with Crippen molar-refractivity contribution in [3.63, 3.8) is 0 Å². The van der Waals surface area contributed by atoms with Gasteiger partial charge >= 0.3 is 6.09 Å². The average molecular weight is 449 g/mol. The lowest BCUT2D eigenvalue weighted by Crippen LogP contribution is -2.33. The molecule has 1 heterocycles. The van der Waals surface area contributed by atoms with Gasteiger partial charge in [-0.1, -0.05) is 0 Å². The van der Waals surface area contributed by atoms with Crippen LogP contribution >= 0.6 is 11.3 Å². The number of likely N-dealkylation sites (N-methyl/N-ethyl adjacent to an activating group) is 1. The number of rotatable bonds is 11. The van der Waals surface area contributed by atoms with Crippen LogP contribution < -0.4 is 15.8 Å². The van der Waals surface area contributed by atoms with Crippen molar-refractivity contribution < 1.29 is 14.3 Å². The fraction of sp³-hybridized carbons (Fsp3) is 0.565. The van der Waals surface area contributed by atoms with Gasteiger partial charge in [0.2, 0.25) is 0 Å². The van der Waals surface area contributed by atoms with Crippen molar-refractivity contribution >= 4 is 17.4 Å². The highest BCUT2D eigenvalue weighted by Crippen LogP contribution is 2.28. The Morgan fingerprint density at radius 3 is 2.58 bits per heavy atom. The minimum Gasteiger partial charge on any atom is -0.492 e. The van der Waals surface area contributed by atoms with Crippen molar-refractivity contribution in [3.8, 4) is 16.3 Å². The molecular weight excluding hydrogens is 412 g/mol. The highest BCUT2D eigenvalue weighted by atomic mass is 32.1. The first-order valence-electron chi connectivity index (χ1n) is 10.7. The predicted molar refractivity (Wildman–Crippen MR) is 127 cm³/mol. The number of aromatic nitrogens is 1. The SMILES string of the molecule is CN(C)CCOc1ccc(-c2nc([C@@H](N)CCCCNC(=O)OC(C)(C)C)cs2)cc1. The molecule has 0 aliphatic rings. The molecule has 0 saturated carbocycles. The maximum atomic E-state index is 11.6. The number of alkyl carbamates (subject to hydrolysis) is 1. The normalized spacial score (nSPS) is 12.6. The molecule has 0 spiro atoms. The van der Waals surface area contributed by atoms with Gasteiger partial charge in [0, 0.05) is 30.1 Å². The number of benzene rings is 1. The molecule has 0 unspecified atom stereocenters. The lowest BCUT2D eigenvalue weighted by molar-refractivity contribution is 0.0527. The first kappa shape index (κ1) is 25.1. The number of nitrogens with one attached hydrogen (secondary N) is 1. The van der Waals surface area contributed by atoms with Crippen molar-refractivity contribution in [2.24, 2.45) is 5.73 Å². The molecule has 1 amide bonds. The zero-order chi connectivity index (χ0) is 22.9. The second kappa shape index (κ2) is 12.0. The molecule has 0 aliphatic heterocycles. The summed E-state index contributed by atoms with van der Waals surface area (Å²) in [4.78, 5) is 18.4. The van der Waals surface area contributed by atoms with Gasteiger partial charge in [0.1, 0.15) is 23.0 Å². The Bertz CT molecular complexity index is 800. The summed E-state index contributed by atoms with van der Waals surface area (Å²) in [5.41, 5.74) is 7.81. The second-order valence-electron chi connectivity index (χ2n) is 8.78. The molecule has 8 heteroatoms. The molecule has 7 nitrogen and oxygen atoms in total. The molecule has 1 aromatic heterocycles. The van der Waals surface area contributed by atoms with E-state index < -0.39 is 5.60 Å². The summed E-state index contributed by atoms with van der Waals surface area (Å²) in [6.45, 7) is 7.67. The van der Waals surface area contributed by atoms with Gasteiger partial charge in [0.25, 0.3) is 0 Å². The van der Waals surface area contributed by atoms with Crippen LogP contribution in [-0.2, 0) is 4.74 Å². The number of amides is 1. The number of unbranched alkanes of at least 4 members (excludes halogenated alkanes) is 1. The van der Waals surface area contributed by atoms with Crippen LogP contribution in [0.5, 0.6) is 5.75 Å². The molecule has 2 rings (SSSR count). The van der Waals surface area contributed by atoms with Gasteiger partial charge in [-0.15, -0.1) is 11.3 Å². The molecule has 31 heavy (non-hydrogen) atoms. The van der Waals surface area contributed by atoms with E-state index >= 15 is 0 Å². The molecule has 3 N–H and O–H groups in total. The highest BCUT2D eigenvalue weighted by Gasteiger charge is 2.16. The molecule has 0 saturated heterocycles. The molecule has 0 fully saturated rings. The second-order valence-corrected chi connectivity index (χ2v) is 9.64. The minimum absolute atomic E-state index is 0.111. The van der Waals surface area contributed by atoms with Crippen molar-refractivity contribution in [2.45, 2.75) is 51.7 Å². The lowest BCUT2D eigenvalue weighted by atomic mass is 10.1. The molecule has 0 radical (unpaired) electrons. The lowest BCUT2D eigenvalue weighted by Gasteiger charge is -2.19. The van der Waals surface area contributed by atoms with Crippen molar-refractivity contribution in [3.05, 3.63) is 35.3 Å². The third kappa shape index (κ3) is 9.67. The topological polar surface area (TPSA) is 89.7 Å². The van der Waals surface area contributed by atoms with Crippen molar-refractivity contribution in [2.75, 3.05) is 33.8 Å². The summed E-state index contributed by atoms with van der Waals surface area (Å²) in [6.07, 6.45) is 2.19. The summed E-state index contributed by atoms with van der Waals surface area (Å²) in [5, 5.41) is 5.76. The minimum atomic E-state index is -0.478. The Morgan fingerprint density at radius 2 is 1.94 bits per heavy atom. The summed E-state index contributed by atoms with van der Waals surface area (Å²) >= 11 is 1.60. The van der Waals surface area contributed by atoms with E-state index in [2.05, 4.69) is 10.2 Å². The Kier molecular flexibility index (Phi) is 9.74. The first-order chi connectivity index (χ1) is 14.6. The third-order valence-corrected chi connectivity index (χ3v) is 5.33. The summed E-state index contributed by atoms with van der Waals surface area (Å²) in [5.74, 6) is 0.860. The predicted octanol–water partition coefficient (Wildman–Crippen LogP) is 4.45. The van der Waals surface area contributed by atoms with Gasteiger partial charge in [0.15, 0.2) is 0 Å². The zero-order valence-corrected chi connectivity index (χ0v) is 20.1. The fourth-order valence-electron chi connectivity index (χ4n) is 2.77. The number of carbonyl (C=O) groups is 1. The molecule has 0 aliphatic carbocycles. The van der Waals surface area contributed by atoms with E-state index in [9.17, 15) is 4.79 Å². The zero-order valence-electron chi connectivity index (χ0n) is 19.3. The van der Waals surface area contributed by atoms with Crippen molar-refractivity contribution in [1.82, 2.24) is 15.2 Å².